The molecule has 0 radical (unpaired) electrons. The van der Waals surface area contributed by atoms with Crippen molar-refractivity contribution >= 4 is 42.3 Å². The summed E-state index contributed by atoms with van der Waals surface area (Å²) in [6, 6.07) is 84.1. The smallest absolute Gasteiger partial charge is 0.164 e. The van der Waals surface area contributed by atoms with Crippen LogP contribution in [0, 0.1) is 0 Å². The van der Waals surface area contributed by atoms with Crippen molar-refractivity contribution in [2.75, 3.05) is 0 Å². The van der Waals surface area contributed by atoms with Crippen LogP contribution in [0.1, 0.15) is 0 Å². The molecule has 0 fully saturated rings. The maximum atomic E-state index is 5.23. The summed E-state index contributed by atoms with van der Waals surface area (Å²) >= 11 is 1.87. The number of fused-ring (bicyclic) bond motifs is 4. The molecule has 65 heavy (non-hydrogen) atoms. The van der Waals surface area contributed by atoms with Crippen LogP contribution in [0.15, 0.2) is 237 Å². The highest BCUT2D eigenvalue weighted by Crippen LogP contribution is 2.42. The minimum atomic E-state index is 0.618. The van der Waals surface area contributed by atoms with E-state index in [-0.39, 0.29) is 0 Å². The van der Waals surface area contributed by atoms with Gasteiger partial charge in [-0.25, -0.2) is 15.0 Å². The molecule has 0 aliphatic heterocycles. The molecule has 0 unspecified atom stereocenters. The molecule has 10 aromatic carbocycles. The lowest BCUT2D eigenvalue weighted by molar-refractivity contribution is 1.07. The van der Waals surface area contributed by atoms with Crippen LogP contribution in [0.2, 0.25) is 0 Å². The first-order valence-corrected chi connectivity index (χ1v) is 22.7. The van der Waals surface area contributed by atoms with Crippen molar-refractivity contribution in [3.63, 3.8) is 0 Å². The lowest BCUT2D eigenvalue weighted by Gasteiger charge is -2.14. The zero-order chi connectivity index (χ0) is 43.1. The Balaban J connectivity index is 0.943. The number of hydrogen-bond acceptors (Lipinski definition) is 4. The highest BCUT2D eigenvalue weighted by molar-refractivity contribution is 7.26. The van der Waals surface area contributed by atoms with E-state index < -0.39 is 0 Å². The SMILES string of the molecule is c1ccc(-c2ccccc2-c2nc(-c3ccc(-c4cc(-c5ccc(-c6cccc7c6sc6ccccc67)cc5)cc5ccccc45)cc3)nc(-c3ccccc3-c3ccccc3)n2)cc1. The summed E-state index contributed by atoms with van der Waals surface area (Å²) in [6.45, 7) is 0. The van der Waals surface area contributed by atoms with E-state index in [1.165, 1.54) is 58.8 Å². The Morgan fingerprint density at radius 1 is 0.246 bits per heavy atom. The van der Waals surface area contributed by atoms with Crippen LogP contribution in [-0.4, -0.2) is 15.0 Å². The highest BCUT2D eigenvalue weighted by atomic mass is 32.1. The summed E-state index contributed by atoms with van der Waals surface area (Å²) in [4.78, 5) is 15.7. The molecular formula is C61H39N3S. The second-order valence-corrected chi connectivity index (χ2v) is 17.4. The molecule has 3 nitrogen and oxygen atoms in total. The van der Waals surface area contributed by atoms with Crippen LogP contribution >= 0.6 is 11.3 Å². The standard InChI is InChI=1S/C61H39N3S/c1-3-16-41(17-4-1)48-21-9-11-25-54(48)60-62-59(63-61(64-60)55-26-12-10-22-49(55)42-18-5-2-6-19-42)45-36-34-44(35-37-45)56-39-47(38-46-20-7-8-23-50(46)56)40-30-32-43(33-31-40)51-27-15-28-53-52-24-13-14-29-57(52)65-58(51)53/h1-39H. The third kappa shape index (κ3) is 7.16. The fourth-order valence-corrected chi connectivity index (χ4v) is 10.4. The monoisotopic (exact) mass is 845 g/mol. The van der Waals surface area contributed by atoms with Crippen LogP contribution in [0.25, 0.3) is 121 Å². The van der Waals surface area contributed by atoms with E-state index in [2.05, 4.69) is 224 Å². The summed E-state index contributed by atoms with van der Waals surface area (Å²) in [6.07, 6.45) is 0. The van der Waals surface area contributed by atoms with E-state index in [0.717, 1.165) is 44.5 Å². The van der Waals surface area contributed by atoms with Crippen molar-refractivity contribution in [3.05, 3.63) is 237 Å². The zero-order valence-electron chi connectivity index (χ0n) is 35.3. The molecule has 2 heterocycles. The molecule has 4 heteroatoms. The van der Waals surface area contributed by atoms with Gasteiger partial charge in [-0.3, -0.25) is 0 Å². The molecule has 0 bridgehead atoms. The molecule has 12 rings (SSSR count). The number of nitrogens with zero attached hydrogens (tertiary/aromatic N) is 3. The van der Waals surface area contributed by atoms with Gasteiger partial charge >= 0.3 is 0 Å². The molecule has 304 valence electrons. The van der Waals surface area contributed by atoms with Crippen LogP contribution < -0.4 is 0 Å². The molecule has 0 N–H and O–H groups in total. The zero-order valence-corrected chi connectivity index (χ0v) is 36.1. The fourth-order valence-electron chi connectivity index (χ4n) is 9.17. The van der Waals surface area contributed by atoms with Gasteiger partial charge in [-0.2, -0.15) is 0 Å². The molecule has 2 aromatic heterocycles. The Morgan fingerprint density at radius 3 is 1.34 bits per heavy atom. The Kier molecular flexibility index (Phi) is 9.70. The van der Waals surface area contributed by atoms with Crippen molar-refractivity contribution < 1.29 is 0 Å². The van der Waals surface area contributed by atoms with Gasteiger partial charge in [0.25, 0.3) is 0 Å². The van der Waals surface area contributed by atoms with E-state index in [0.29, 0.717) is 17.5 Å². The fraction of sp³-hybridized carbons (Fsp3) is 0. The molecule has 0 saturated carbocycles. The minimum absolute atomic E-state index is 0.618. The highest BCUT2D eigenvalue weighted by Gasteiger charge is 2.19. The summed E-state index contributed by atoms with van der Waals surface area (Å²) in [5, 5.41) is 5.04. The van der Waals surface area contributed by atoms with Gasteiger partial charge in [0, 0.05) is 36.9 Å². The van der Waals surface area contributed by atoms with E-state index in [1.54, 1.807) is 0 Å². The maximum Gasteiger partial charge on any atom is 0.164 e. The third-order valence-corrected chi connectivity index (χ3v) is 13.6. The first-order valence-electron chi connectivity index (χ1n) is 21.9. The Hall–Kier alpha value is -8.31. The van der Waals surface area contributed by atoms with E-state index in [1.807, 2.05) is 23.5 Å². The van der Waals surface area contributed by atoms with Crippen LogP contribution in [0.5, 0.6) is 0 Å². The van der Waals surface area contributed by atoms with Crippen LogP contribution in [0.3, 0.4) is 0 Å². The van der Waals surface area contributed by atoms with Gasteiger partial charge in [0.2, 0.25) is 0 Å². The van der Waals surface area contributed by atoms with Crippen LogP contribution in [0.4, 0.5) is 0 Å². The second-order valence-electron chi connectivity index (χ2n) is 16.3. The summed E-state index contributed by atoms with van der Waals surface area (Å²) < 4.78 is 2.65. The van der Waals surface area contributed by atoms with Crippen molar-refractivity contribution in [1.29, 1.82) is 0 Å². The minimum Gasteiger partial charge on any atom is -0.208 e. The quantitative estimate of drug-likeness (QED) is 0.153. The Morgan fingerprint density at radius 2 is 0.692 bits per heavy atom. The van der Waals surface area contributed by atoms with Gasteiger partial charge in [0.05, 0.1) is 0 Å². The lowest BCUT2D eigenvalue weighted by atomic mass is 9.92. The summed E-state index contributed by atoms with van der Waals surface area (Å²) in [7, 11) is 0. The van der Waals surface area contributed by atoms with Gasteiger partial charge in [-0.15, -0.1) is 11.3 Å². The lowest BCUT2D eigenvalue weighted by Crippen LogP contribution is -2.02. The number of hydrogen-bond donors (Lipinski definition) is 0. The second kappa shape index (κ2) is 16.4. The average molecular weight is 846 g/mol. The number of benzene rings is 10. The van der Waals surface area contributed by atoms with Crippen molar-refractivity contribution in [1.82, 2.24) is 15.0 Å². The molecule has 0 aliphatic carbocycles. The third-order valence-electron chi connectivity index (χ3n) is 12.4. The van der Waals surface area contributed by atoms with Crippen molar-refractivity contribution in [2.45, 2.75) is 0 Å². The molecule has 0 saturated heterocycles. The average Bonchev–Trinajstić information content (AvgIpc) is 3.78. The molecular weight excluding hydrogens is 807 g/mol. The largest absolute Gasteiger partial charge is 0.208 e. The molecule has 0 aliphatic rings. The molecule has 0 amide bonds. The number of rotatable bonds is 8. The van der Waals surface area contributed by atoms with Gasteiger partial charge in [0.15, 0.2) is 17.5 Å². The van der Waals surface area contributed by atoms with Gasteiger partial charge in [-0.05, 0) is 84.6 Å². The molecule has 0 atom stereocenters. The Bertz CT molecular complexity index is 3590. The first-order chi connectivity index (χ1) is 32.2. The van der Waals surface area contributed by atoms with E-state index >= 15 is 0 Å². The summed E-state index contributed by atoms with van der Waals surface area (Å²) in [5.74, 6) is 1.87. The topological polar surface area (TPSA) is 38.7 Å². The van der Waals surface area contributed by atoms with Crippen molar-refractivity contribution in [2.24, 2.45) is 0 Å². The van der Waals surface area contributed by atoms with Crippen LogP contribution in [-0.2, 0) is 0 Å². The normalized spacial score (nSPS) is 11.4. The molecule has 12 aromatic rings. The predicted molar refractivity (Wildman–Crippen MR) is 274 cm³/mol. The van der Waals surface area contributed by atoms with Gasteiger partial charge in [0.1, 0.15) is 0 Å². The van der Waals surface area contributed by atoms with E-state index in [4.69, 9.17) is 15.0 Å². The number of thiophene rings is 1. The van der Waals surface area contributed by atoms with Gasteiger partial charge in [-0.1, -0.05) is 218 Å². The maximum absolute atomic E-state index is 5.23. The van der Waals surface area contributed by atoms with Crippen molar-refractivity contribution in [3.8, 4) is 89.8 Å². The Labute approximate surface area is 381 Å². The van der Waals surface area contributed by atoms with E-state index in [9.17, 15) is 0 Å². The summed E-state index contributed by atoms with van der Waals surface area (Å²) in [5.41, 5.74) is 14.3. The van der Waals surface area contributed by atoms with Gasteiger partial charge < -0.3 is 0 Å². The number of aromatic nitrogens is 3. The predicted octanol–water partition coefficient (Wildman–Crippen LogP) is 16.7. The first kappa shape index (κ1) is 38.4. The molecule has 0 spiro atoms.